The first kappa shape index (κ1) is 27.3. The van der Waals surface area contributed by atoms with Gasteiger partial charge < -0.3 is 19.1 Å². The Kier molecular flexibility index (Phi) is 7.35. The molecule has 216 valence electrons. The van der Waals surface area contributed by atoms with E-state index in [9.17, 15) is 9.90 Å². The standard InChI is InChI=1S/C31H29Cl2N5O4/c32-22-14-26(34-15-23(22)33)27-7-4-19-2-1-3-21(29(19)42-27)18-8-11-37(12-9-18)17-28-35-24-5-6-25(31(39)40)36-30(24)38(28)16-20-10-13-41-20/h1-7,14-15,18,20,27H,8-13,16-17H2,(H,39,40). The third kappa shape index (κ3) is 5.26. The Hall–Kier alpha value is -3.50. The zero-order valence-electron chi connectivity index (χ0n) is 22.7. The fourth-order valence-electron chi connectivity index (χ4n) is 5.98. The summed E-state index contributed by atoms with van der Waals surface area (Å²) in [5.74, 6) is 1.10. The molecule has 0 amide bonds. The minimum Gasteiger partial charge on any atom is -0.479 e. The molecule has 0 radical (unpaired) electrons. The second-order valence-corrected chi connectivity index (χ2v) is 11.8. The number of hydrogen-bond donors (Lipinski definition) is 1. The number of piperidine rings is 1. The van der Waals surface area contributed by atoms with Crippen LogP contribution >= 0.6 is 23.2 Å². The smallest absolute Gasteiger partial charge is 0.354 e. The van der Waals surface area contributed by atoms with Crippen molar-refractivity contribution in [1.29, 1.82) is 0 Å². The number of halogens is 2. The summed E-state index contributed by atoms with van der Waals surface area (Å²) in [6.45, 7) is 3.84. The average Bonchev–Trinajstić information content (AvgIpc) is 3.32. The molecule has 3 aliphatic rings. The number of rotatable bonds is 7. The molecule has 1 aromatic carbocycles. The van der Waals surface area contributed by atoms with Crippen LogP contribution in [0.25, 0.3) is 17.2 Å². The molecule has 2 unspecified atom stereocenters. The van der Waals surface area contributed by atoms with E-state index in [1.165, 1.54) is 11.6 Å². The zero-order chi connectivity index (χ0) is 28.8. The van der Waals surface area contributed by atoms with Crippen molar-refractivity contribution >= 4 is 46.4 Å². The van der Waals surface area contributed by atoms with Crippen LogP contribution in [0, 0.1) is 0 Å². The number of aromatic nitrogens is 4. The van der Waals surface area contributed by atoms with Gasteiger partial charge in [0.25, 0.3) is 0 Å². The lowest BCUT2D eigenvalue weighted by atomic mass is 9.87. The molecular formula is C31H29Cl2N5O4. The van der Waals surface area contributed by atoms with Gasteiger partial charge in [-0.25, -0.2) is 14.8 Å². The predicted octanol–water partition coefficient (Wildman–Crippen LogP) is 6.15. The van der Waals surface area contributed by atoms with Crippen molar-refractivity contribution < 1.29 is 19.4 Å². The fourth-order valence-corrected chi connectivity index (χ4v) is 6.24. The van der Waals surface area contributed by atoms with Gasteiger partial charge in [-0.15, -0.1) is 0 Å². The molecule has 2 saturated heterocycles. The molecule has 11 heteroatoms. The van der Waals surface area contributed by atoms with E-state index in [1.54, 1.807) is 18.3 Å². The van der Waals surface area contributed by atoms with E-state index in [1.807, 2.05) is 10.6 Å². The molecular weight excluding hydrogens is 577 g/mol. The second-order valence-electron chi connectivity index (χ2n) is 11.0. The minimum atomic E-state index is -1.05. The molecule has 0 saturated carbocycles. The number of pyridine rings is 2. The molecule has 3 aliphatic heterocycles. The topological polar surface area (TPSA) is 103 Å². The van der Waals surface area contributed by atoms with Crippen LogP contribution in [0.1, 0.15) is 64.4 Å². The lowest BCUT2D eigenvalue weighted by Crippen LogP contribution is -2.35. The zero-order valence-corrected chi connectivity index (χ0v) is 24.3. The molecule has 2 atom stereocenters. The molecule has 6 heterocycles. The SMILES string of the molecule is O=C(O)c1ccc2nc(CN3CCC(c4cccc5c4OC(c4cc(Cl)c(Cl)cn4)C=C5)CC3)n(CC3CCO3)c2n1. The van der Waals surface area contributed by atoms with Crippen LogP contribution in [0.3, 0.4) is 0 Å². The first-order valence-corrected chi connectivity index (χ1v) is 14.9. The third-order valence-electron chi connectivity index (χ3n) is 8.35. The number of likely N-dealkylation sites (tertiary alicyclic amines) is 1. The maximum atomic E-state index is 11.6. The summed E-state index contributed by atoms with van der Waals surface area (Å²) in [6, 6.07) is 11.3. The molecule has 1 N–H and O–H groups in total. The van der Waals surface area contributed by atoms with Crippen LogP contribution in [-0.2, 0) is 17.8 Å². The molecule has 9 nitrogen and oxygen atoms in total. The normalized spacial score (nSPS) is 20.7. The minimum absolute atomic E-state index is 0.0194. The van der Waals surface area contributed by atoms with Crippen molar-refractivity contribution in [3.8, 4) is 5.75 Å². The summed E-state index contributed by atoms with van der Waals surface area (Å²) >= 11 is 12.3. The van der Waals surface area contributed by atoms with Gasteiger partial charge in [-0.3, -0.25) is 9.88 Å². The number of ether oxygens (including phenoxy) is 2. The van der Waals surface area contributed by atoms with E-state index in [0.29, 0.717) is 40.2 Å². The summed E-state index contributed by atoms with van der Waals surface area (Å²) in [5, 5.41) is 10.4. The van der Waals surface area contributed by atoms with Crippen molar-refractivity contribution in [2.24, 2.45) is 0 Å². The quantitative estimate of drug-likeness (QED) is 0.268. The highest BCUT2D eigenvalue weighted by Gasteiger charge is 2.29. The van der Waals surface area contributed by atoms with Crippen LogP contribution in [0.15, 0.2) is 48.7 Å². The van der Waals surface area contributed by atoms with Gasteiger partial charge in [0.2, 0.25) is 0 Å². The summed E-state index contributed by atoms with van der Waals surface area (Å²) in [5.41, 5.74) is 4.31. The van der Waals surface area contributed by atoms with Crippen molar-refractivity contribution in [2.45, 2.75) is 50.5 Å². The highest BCUT2D eigenvalue weighted by molar-refractivity contribution is 6.41. The number of fused-ring (bicyclic) bond motifs is 2. The van der Waals surface area contributed by atoms with Gasteiger partial charge in [0, 0.05) is 18.4 Å². The Morgan fingerprint density at radius 2 is 1.90 bits per heavy atom. The highest BCUT2D eigenvalue weighted by Crippen LogP contribution is 2.42. The van der Waals surface area contributed by atoms with Gasteiger partial charge in [0.15, 0.2) is 17.4 Å². The highest BCUT2D eigenvalue weighted by atomic mass is 35.5. The van der Waals surface area contributed by atoms with E-state index >= 15 is 0 Å². The number of hydrogen-bond acceptors (Lipinski definition) is 7. The maximum absolute atomic E-state index is 11.6. The Morgan fingerprint density at radius 1 is 1.07 bits per heavy atom. The molecule has 0 aliphatic carbocycles. The lowest BCUT2D eigenvalue weighted by molar-refractivity contribution is -0.0593. The van der Waals surface area contributed by atoms with Gasteiger partial charge >= 0.3 is 5.97 Å². The molecule has 4 aromatic rings. The van der Waals surface area contributed by atoms with Crippen molar-refractivity contribution in [2.75, 3.05) is 19.7 Å². The molecule has 2 fully saturated rings. The average molecular weight is 607 g/mol. The van der Waals surface area contributed by atoms with E-state index in [0.717, 1.165) is 61.8 Å². The molecule has 42 heavy (non-hydrogen) atoms. The first-order chi connectivity index (χ1) is 20.4. The number of aromatic carboxylic acids is 1. The number of benzene rings is 1. The monoisotopic (exact) mass is 605 g/mol. The van der Waals surface area contributed by atoms with Crippen LogP contribution < -0.4 is 4.74 Å². The Bertz CT molecular complexity index is 1690. The molecule has 7 rings (SSSR count). The van der Waals surface area contributed by atoms with Crippen LogP contribution in [-0.4, -0.2) is 61.3 Å². The van der Waals surface area contributed by atoms with Crippen molar-refractivity contribution in [3.05, 3.63) is 87.1 Å². The first-order valence-electron chi connectivity index (χ1n) is 14.1. The molecule has 0 spiro atoms. The van der Waals surface area contributed by atoms with Gasteiger partial charge in [0.05, 0.1) is 34.9 Å². The van der Waals surface area contributed by atoms with Crippen LogP contribution in [0.4, 0.5) is 0 Å². The van der Waals surface area contributed by atoms with Gasteiger partial charge in [-0.2, -0.15) is 0 Å². The van der Waals surface area contributed by atoms with Gasteiger partial charge in [0.1, 0.15) is 17.1 Å². The van der Waals surface area contributed by atoms with Crippen molar-refractivity contribution in [3.63, 3.8) is 0 Å². The second kappa shape index (κ2) is 11.3. The fraction of sp³-hybridized carbons (Fsp3) is 0.355. The Balaban J connectivity index is 1.08. The largest absolute Gasteiger partial charge is 0.479 e. The lowest BCUT2D eigenvalue weighted by Gasteiger charge is -2.34. The van der Waals surface area contributed by atoms with Crippen molar-refractivity contribution in [1.82, 2.24) is 24.4 Å². The number of nitrogens with zero attached hydrogens (tertiary/aromatic N) is 5. The molecule has 0 bridgehead atoms. The van der Waals surface area contributed by atoms with E-state index in [-0.39, 0.29) is 17.9 Å². The van der Waals surface area contributed by atoms with Gasteiger partial charge in [-0.05, 0) is 68.1 Å². The number of carbonyl (C=O) groups is 1. The molecule has 3 aromatic heterocycles. The summed E-state index contributed by atoms with van der Waals surface area (Å²) in [6.07, 6.45) is 8.34. The maximum Gasteiger partial charge on any atom is 0.354 e. The Labute approximate surface area is 252 Å². The van der Waals surface area contributed by atoms with Crippen LogP contribution in [0.2, 0.25) is 10.0 Å². The Morgan fingerprint density at radius 3 is 2.64 bits per heavy atom. The van der Waals surface area contributed by atoms with E-state index in [4.69, 9.17) is 37.7 Å². The van der Waals surface area contributed by atoms with Crippen LogP contribution in [0.5, 0.6) is 5.75 Å². The number of para-hydroxylation sites is 1. The number of carboxylic acids is 1. The summed E-state index contributed by atoms with van der Waals surface area (Å²) in [4.78, 5) is 27.7. The third-order valence-corrected chi connectivity index (χ3v) is 9.07. The van der Waals surface area contributed by atoms with E-state index in [2.05, 4.69) is 39.1 Å². The number of imidazole rings is 1. The predicted molar refractivity (Wildman–Crippen MR) is 159 cm³/mol. The summed E-state index contributed by atoms with van der Waals surface area (Å²) in [7, 11) is 0. The number of carboxylic acid groups (broad SMARTS) is 1. The van der Waals surface area contributed by atoms with E-state index < -0.39 is 5.97 Å². The van der Waals surface area contributed by atoms with Gasteiger partial charge in [-0.1, -0.05) is 47.5 Å². The summed E-state index contributed by atoms with van der Waals surface area (Å²) < 4.78 is 14.2.